The van der Waals surface area contributed by atoms with Gasteiger partial charge in [0.05, 0.1) is 35.5 Å². The fourth-order valence-corrected chi connectivity index (χ4v) is 3.88. The summed E-state index contributed by atoms with van der Waals surface area (Å²) in [4.78, 5) is 26.2. The van der Waals surface area contributed by atoms with E-state index in [0.717, 1.165) is 12.8 Å². The van der Waals surface area contributed by atoms with Gasteiger partial charge in [-0.15, -0.1) is 0 Å². The molecule has 3 rings (SSSR count). The molecule has 2 N–H and O–H groups in total. The molecule has 0 aliphatic carbocycles. The lowest BCUT2D eigenvalue weighted by Gasteiger charge is -2.34. The van der Waals surface area contributed by atoms with Gasteiger partial charge in [-0.2, -0.15) is 0 Å². The first-order valence-electron chi connectivity index (χ1n) is 10.9. The van der Waals surface area contributed by atoms with E-state index in [9.17, 15) is 9.59 Å². The van der Waals surface area contributed by atoms with Crippen molar-refractivity contribution in [2.75, 3.05) is 47.4 Å². The van der Waals surface area contributed by atoms with Crippen molar-refractivity contribution in [1.82, 2.24) is 10.4 Å². The van der Waals surface area contributed by atoms with Gasteiger partial charge >= 0.3 is 0 Å². The van der Waals surface area contributed by atoms with Crippen LogP contribution >= 0.6 is 0 Å². The van der Waals surface area contributed by atoms with Crippen molar-refractivity contribution in [1.29, 1.82) is 0 Å². The Morgan fingerprint density at radius 3 is 2.06 bits per heavy atom. The number of rotatable bonds is 9. The number of benzene rings is 2. The summed E-state index contributed by atoms with van der Waals surface area (Å²) in [5.74, 6) is 1.60. The normalized spacial score (nSPS) is 15.7. The molecule has 10 heteroatoms. The van der Waals surface area contributed by atoms with E-state index in [0.29, 0.717) is 53.0 Å². The minimum Gasteiger partial charge on any atom is -0.493 e. The lowest BCUT2D eigenvalue weighted by atomic mass is 10.0. The predicted molar refractivity (Wildman–Crippen MR) is 126 cm³/mol. The standard InChI is InChI=1S/C24H31N3O7/c1-30-18-10-9-16(14-19(18)31-2)25-24(29)17-8-6-7-11-27(17)26-23(28)15-12-20(32-3)22(34-5)21(13-15)33-4/h9-10,12-14,17H,6-8,11H2,1-5H3,(H,25,29)(H,26,28). The Balaban J connectivity index is 1.76. The fraction of sp³-hybridized carbons (Fsp3) is 0.417. The molecule has 2 amide bonds. The second-order valence-corrected chi connectivity index (χ2v) is 7.62. The highest BCUT2D eigenvalue weighted by Crippen LogP contribution is 2.38. The van der Waals surface area contributed by atoms with Gasteiger partial charge in [-0.3, -0.25) is 15.0 Å². The van der Waals surface area contributed by atoms with Crippen molar-refractivity contribution in [3.8, 4) is 28.7 Å². The summed E-state index contributed by atoms with van der Waals surface area (Å²) in [6.07, 6.45) is 2.34. The van der Waals surface area contributed by atoms with Crippen LogP contribution in [0.15, 0.2) is 30.3 Å². The molecule has 1 aliphatic heterocycles. The van der Waals surface area contributed by atoms with Crippen molar-refractivity contribution < 1.29 is 33.3 Å². The molecule has 1 heterocycles. The number of methoxy groups -OCH3 is 5. The Bertz CT molecular complexity index is 1000. The minimum atomic E-state index is -0.534. The molecule has 1 unspecified atom stereocenters. The molecular formula is C24H31N3O7. The number of piperidine rings is 1. The monoisotopic (exact) mass is 473 g/mol. The third kappa shape index (κ3) is 5.45. The van der Waals surface area contributed by atoms with Crippen LogP contribution in [0.2, 0.25) is 0 Å². The number of amides is 2. The number of carbonyl (C=O) groups is 2. The number of ether oxygens (including phenoxy) is 5. The summed E-state index contributed by atoms with van der Waals surface area (Å²) in [6.45, 7) is 0.542. The largest absolute Gasteiger partial charge is 0.493 e. The van der Waals surface area contributed by atoms with Crippen molar-refractivity contribution in [3.63, 3.8) is 0 Å². The van der Waals surface area contributed by atoms with Crippen LogP contribution in [-0.4, -0.2) is 65.0 Å². The van der Waals surface area contributed by atoms with Crippen LogP contribution in [0.3, 0.4) is 0 Å². The Morgan fingerprint density at radius 2 is 1.47 bits per heavy atom. The molecule has 2 aromatic rings. The molecule has 0 saturated carbocycles. The van der Waals surface area contributed by atoms with Gasteiger partial charge in [-0.1, -0.05) is 0 Å². The third-order valence-electron chi connectivity index (χ3n) is 5.63. The number of hydrazine groups is 1. The molecule has 1 saturated heterocycles. The zero-order chi connectivity index (χ0) is 24.7. The number of hydrogen-bond acceptors (Lipinski definition) is 8. The highest BCUT2D eigenvalue weighted by molar-refractivity contribution is 5.97. The number of nitrogens with zero attached hydrogens (tertiary/aromatic N) is 1. The Hall–Kier alpha value is -3.66. The van der Waals surface area contributed by atoms with Gasteiger partial charge in [0.1, 0.15) is 6.04 Å². The van der Waals surface area contributed by atoms with Crippen LogP contribution in [-0.2, 0) is 4.79 Å². The molecule has 0 spiro atoms. The van der Waals surface area contributed by atoms with Gasteiger partial charge < -0.3 is 29.0 Å². The van der Waals surface area contributed by atoms with E-state index in [4.69, 9.17) is 23.7 Å². The summed E-state index contributed by atoms with van der Waals surface area (Å²) in [7, 11) is 7.55. The van der Waals surface area contributed by atoms with Crippen LogP contribution < -0.4 is 34.4 Å². The molecule has 0 aromatic heterocycles. The minimum absolute atomic E-state index is 0.225. The summed E-state index contributed by atoms with van der Waals surface area (Å²) in [5.41, 5.74) is 3.76. The molecule has 184 valence electrons. The van der Waals surface area contributed by atoms with Crippen molar-refractivity contribution >= 4 is 17.5 Å². The Kier molecular flexibility index (Phi) is 8.42. The number of anilines is 1. The highest BCUT2D eigenvalue weighted by Gasteiger charge is 2.31. The molecule has 0 radical (unpaired) electrons. The van der Waals surface area contributed by atoms with Crippen LogP contribution in [0.5, 0.6) is 28.7 Å². The van der Waals surface area contributed by atoms with Gasteiger partial charge in [0, 0.05) is 23.9 Å². The smallest absolute Gasteiger partial charge is 0.265 e. The second-order valence-electron chi connectivity index (χ2n) is 7.62. The molecule has 10 nitrogen and oxygen atoms in total. The molecule has 1 aliphatic rings. The Morgan fingerprint density at radius 1 is 0.824 bits per heavy atom. The van der Waals surface area contributed by atoms with Gasteiger partial charge in [0.2, 0.25) is 11.7 Å². The van der Waals surface area contributed by atoms with Gasteiger partial charge in [-0.05, 0) is 43.5 Å². The first-order chi connectivity index (χ1) is 16.4. The first-order valence-corrected chi connectivity index (χ1v) is 10.9. The lowest BCUT2D eigenvalue weighted by Crippen LogP contribution is -2.55. The molecule has 2 aromatic carbocycles. The zero-order valence-electron chi connectivity index (χ0n) is 20.1. The second kappa shape index (κ2) is 11.5. The van der Waals surface area contributed by atoms with E-state index in [1.165, 1.54) is 28.4 Å². The van der Waals surface area contributed by atoms with Crippen LogP contribution in [0, 0.1) is 0 Å². The maximum Gasteiger partial charge on any atom is 0.265 e. The van der Waals surface area contributed by atoms with E-state index >= 15 is 0 Å². The van der Waals surface area contributed by atoms with Crippen molar-refractivity contribution in [3.05, 3.63) is 35.9 Å². The predicted octanol–water partition coefficient (Wildman–Crippen LogP) is 2.87. The third-order valence-corrected chi connectivity index (χ3v) is 5.63. The van der Waals surface area contributed by atoms with Crippen LogP contribution in [0.25, 0.3) is 0 Å². The van der Waals surface area contributed by atoms with Gasteiger partial charge in [0.15, 0.2) is 23.0 Å². The first kappa shape index (κ1) is 25.0. The van der Waals surface area contributed by atoms with Crippen LogP contribution in [0.4, 0.5) is 5.69 Å². The van der Waals surface area contributed by atoms with E-state index in [1.54, 1.807) is 42.5 Å². The van der Waals surface area contributed by atoms with Crippen molar-refractivity contribution in [2.24, 2.45) is 0 Å². The van der Waals surface area contributed by atoms with E-state index < -0.39 is 6.04 Å². The molecular weight excluding hydrogens is 442 g/mol. The zero-order valence-corrected chi connectivity index (χ0v) is 20.1. The van der Waals surface area contributed by atoms with Crippen molar-refractivity contribution in [2.45, 2.75) is 25.3 Å². The SMILES string of the molecule is COc1ccc(NC(=O)C2CCCCN2NC(=O)c2cc(OC)c(OC)c(OC)c2)cc1OC. The Labute approximate surface area is 199 Å². The van der Waals surface area contributed by atoms with Crippen LogP contribution in [0.1, 0.15) is 29.6 Å². The number of carbonyl (C=O) groups excluding carboxylic acids is 2. The average Bonchev–Trinajstić information content (AvgIpc) is 2.87. The van der Waals surface area contributed by atoms with E-state index in [1.807, 2.05) is 0 Å². The quantitative estimate of drug-likeness (QED) is 0.573. The number of nitrogens with one attached hydrogen (secondary N) is 2. The van der Waals surface area contributed by atoms with Gasteiger partial charge in [0.25, 0.3) is 5.91 Å². The summed E-state index contributed by atoms with van der Waals surface area (Å²) >= 11 is 0. The summed E-state index contributed by atoms with van der Waals surface area (Å²) in [5, 5.41) is 4.58. The topological polar surface area (TPSA) is 108 Å². The summed E-state index contributed by atoms with van der Waals surface area (Å²) in [6, 6.07) is 7.75. The van der Waals surface area contributed by atoms with Gasteiger partial charge in [-0.25, -0.2) is 5.01 Å². The molecule has 1 fully saturated rings. The lowest BCUT2D eigenvalue weighted by molar-refractivity contribution is -0.123. The average molecular weight is 474 g/mol. The molecule has 0 bridgehead atoms. The fourth-order valence-electron chi connectivity index (χ4n) is 3.88. The van der Waals surface area contributed by atoms with E-state index in [-0.39, 0.29) is 11.8 Å². The highest BCUT2D eigenvalue weighted by atomic mass is 16.5. The number of hydrogen-bond donors (Lipinski definition) is 2. The van der Waals surface area contributed by atoms with E-state index in [2.05, 4.69) is 10.7 Å². The maximum atomic E-state index is 13.1. The molecule has 34 heavy (non-hydrogen) atoms. The molecule has 1 atom stereocenters. The maximum absolute atomic E-state index is 13.1. The summed E-state index contributed by atoms with van der Waals surface area (Å²) < 4.78 is 26.5.